The van der Waals surface area contributed by atoms with Crippen LogP contribution in [-0.4, -0.2) is 55.6 Å². The minimum Gasteiger partial charge on any atom is -0.379 e. The molecule has 1 aliphatic rings. The molecule has 1 heterocycles. The first-order valence-electron chi connectivity index (χ1n) is 10.9. The Morgan fingerprint density at radius 2 is 1.70 bits per heavy atom. The zero-order valence-electron chi connectivity index (χ0n) is 18.6. The molecule has 9 heteroatoms. The number of ether oxygens (including phenoxy) is 1. The molecular weight excluding hydrogens is 452 g/mol. The second-order valence-electron chi connectivity index (χ2n) is 8.22. The Balaban J connectivity index is 1.74. The van der Waals surface area contributed by atoms with E-state index in [4.69, 9.17) is 16.3 Å². The third-order valence-electron chi connectivity index (χ3n) is 5.65. The van der Waals surface area contributed by atoms with Gasteiger partial charge in [-0.15, -0.1) is 0 Å². The molecule has 3 rings (SSSR count). The van der Waals surface area contributed by atoms with Gasteiger partial charge in [-0.25, -0.2) is 8.78 Å². The van der Waals surface area contributed by atoms with E-state index < -0.39 is 35.1 Å². The van der Waals surface area contributed by atoms with E-state index >= 15 is 0 Å². The van der Waals surface area contributed by atoms with Crippen molar-refractivity contribution in [1.82, 2.24) is 15.5 Å². The highest BCUT2D eigenvalue weighted by Crippen LogP contribution is 2.28. The first-order valence-corrected chi connectivity index (χ1v) is 11.3. The van der Waals surface area contributed by atoms with Crippen molar-refractivity contribution in [3.63, 3.8) is 0 Å². The first-order chi connectivity index (χ1) is 15.8. The highest BCUT2D eigenvalue weighted by atomic mass is 35.5. The number of hydrogen-bond acceptors (Lipinski definition) is 4. The van der Waals surface area contributed by atoms with E-state index in [1.807, 2.05) is 18.2 Å². The molecule has 2 atom stereocenters. The van der Waals surface area contributed by atoms with Gasteiger partial charge in [0.05, 0.1) is 19.3 Å². The standard InChI is InChI=1S/C24H28ClF2N3O3/c1-15(2)22(29-23(31)21-18(26)8-5-9-19(21)27)24(32)28-14-20(30-10-12-33-13-11-30)16-6-3-4-7-17(16)25/h3-9,15,20,22H,10-14H2,1-2H3,(H,28,32)(H,29,31). The Hall–Kier alpha value is -2.55. The highest BCUT2D eigenvalue weighted by Gasteiger charge is 2.30. The summed E-state index contributed by atoms with van der Waals surface area (Å²) in [6.07, 6.45) is 0. The summed E-state index contributed by atoms with van der Waals surface area (Å²) in [5.74, 6) is -3.70. The lowest BCUT2D eigenvalue weighted by atomic mass is 10.0. The Morgan fingerprint density at radius 3 is 2.30 bits per heavy atom. The lowest BCUT2D eigenvalue weighted by molar-refractivity contribution is -0.124. The summed E-state index contributed by atoms with van der Waals surface area (Å²) in [7, 11) is 0. The number of rotatable bonds is 8. The number of morpholine rings is 1. The average Bonchev–Trinajstić information content (AvgIpc) is 2.79. The monoisotopic (exact) mass is 479 g/mol. The lowest BCUT2D eigenvalue weighted by Crippen LogP contribution is -2.52. The zero-order chi connectivity index (χ0) is 24.0. The zero-order valence-corrected chi connectivity index (χ0v) is 19.4. The lowest BCUT2D eigenvalue weighted by Gasteiger charge is -2.35. The fourth-order valence-electron chi connectivity index (χ4n) is 3.84. The summed E-state index contributed by atoms with van der Waals surface area (Å²) in [6, 6.07) is 9.44. The first kappa shape index (κ1) is 25.1. The summed E-state index contributed by atoms with van der Waals surface area (Å²) in [4.78, 5) is 27.8. The SMILES string of the molecule is CC(C)C(NC(=O)c1c(F)cccc1F)C(=O)NCC(c1ccccc1Cl)N1CCOCC1. The maximum absolute atomic E-state index is 14.0. The maximum atomic E-state index is 14.0. The molecule has 178 valence electrons. The van der Waals surface area contributed by atoms with Crippen LogP contribution < -0.4 is 10.6 Å². The molecule has 0 saturated carbocycles. The van der Waals surface area contributed by atoms with Crippen LogP contribution in [-0.2, 0) is 9.53 Å². The third kappa shape index (κ3) is 6.28. The van der Waals surface area contributed by atoms with Crippen molar-refractivity contribution in [2.45, 2.75) is 25.9 Å². The molecule has 1 saturated heterocycles. The molecule has 0 aliphatic carbocycles. The number of carbonyl (C=O) groups excluding carboxylic acids is 2. The summed E-state index contributed by atoms with van der Waals surface area (Å²) >= 11 is 6.43. The topological polar surface area (TPSA) is 70.7 Å². The van der Waals surface area contributed by atoms with Crippen LogP contribution in [0.3, 0.4) is 0 Å². The minimum atomic E-state index is -0.985. The Morgan fingerprint density at radius 1 is 1.06 bits per heavy atom. The average molecular weight is 480 g/mol. The van der Waals surface area contributed by atoms with Crippen molar-refractivity contribution < 1.29 is 23.1 Å². The third-order valence-corrected chi connectivity index (χ3v) is 5.99. The van der Waals surface area contributed by atoms with Crippen molar-refractivity contribution in [2.24, 2.45) is 5.92 Å². The molecule has 1 aliphatic heterocycles. The molecular formula is C24H28ClF2N3O3. The number of carbonyl (C=O) groups is 2. The van der Waals surface area contributed by atoms with Crippen LogP contribution >= 0.6 is 11.6 Å². The predicted molar refractivity (Wildman–Crippen MR) is 122 cm³/mol. The summed E-state index contributed by atoms with van der Waals surface area (Å²) in [5, 5.41) is 5.96. The van der Waals surface area contributed by atoms with Gasteiger partial charge in [-0.05, 0) is 29.7 Å². The molecule has 2 aromatic rings. The van der Waals surface area contributed by atoms with E-state index in [1.54, 1.807) is 19.9 Å². The maximum Gasteiger partial charge on any atom is 0.257 e. The largest absolute Gasteiger partial charge is 0.379 e. The van der Waals surface area contributed by atoms with Crippen LogP contribution in [0.1, 0.15) is 35.8 Å². The number of amides is 2. The number of nitrogens with one attached hydrogen (secondary N) is 2. The van der Waals surface area contributed by atoms with Gasteiger partial charge in [0.2, 0.25) is 5.91 Å². The molecule has 2 aromatic carbocycles. The molecule has 2 N–H and O–H groups in total. The number of hydrogen-bond donors (Lipinski definition) is 2. The van der Waals surface area contributed by atoms with Crippen molar-refractivity contribution in [1.29, 1.82) is 0 Å². The van der Waals surface area contributed by atoms with Crippen molar-refractivity contribution in [3.05, 3.63) is 70.2 Å². The molecule has 1 fully saturated rings. The highest BCUT2D eigenvalue weighted by molar-refractivity contribution is 6.31. The quantitative estimate of drug-likeness (QED) is 0.607. The molecule has 6 nitrogen and oxygen atoms in total. The normalized spacial score (nSPS) is 16.3. The van der Waals surface area contributed by atoms with Crippen LogP contribution in [0, 0.1) is 17.6 Å². The van der Waals surface area contributed by atoms with Gasteiger partial charge >= 0.3 is 0 Å². The minimum absolute atomic E-state index is 0.195. The molecule has 0 bridgehead atoms. The number of benzene rings is 2. The van der Waals surface area contributed by atoms with E-state index in [0.29, 0.717) is 31.3 Å². The van der Waals surface area contributed by atoms with E-state index in [9.17, 15) is 18.4 Å². The van der Waals surface area contributed by atoms with Crippen molar-refractivity contribution in [2.75, 3.05) is 32.8 Å². The second kappa shape index (κ2) is 11.5. The smallest absolute Gasteiger partial charge is 0.257 e. The number of nitrogens with zero attached hydrogens (tertiary/aromatic N) is 1. The fraction of sp³-hybridized carbons (Fsp3) is 0.417. The summed E-state index contributed by atoms with van der Waals surface area (Å²) in [6.45, 7) is 6.26. The van der Waals surface area contributed by atoms with Gasteiger partial charge in [-0.2, -0.15) is 0 Å². The fourth-order valence-corrected chi connectivity index (χ4v) is 4.10. The van der Waals surface area contributed by atoms with Crippen molar-refractivity contribution >= 4 is 23.4 Å². The molecule has 2 unspecified atom stereocenters. The molecule has 0 radical (unpaired) electrons. The second-order valence-corrected chi connectivity index (χ2v) is 8.63. The van der Waals surface area contributed by atoms with Crippen LogP contribution in [0.5, 0.6) is 0 Å². The van der Waals surface area contributed by atoms with E-state index in [1.165, 1.54) is 6.07 Å². The van der Waals surface area contributed by atoms with E-state index in [2.05, 4.69) is 15.5 Å². The van der Waals surface area contributed by atoms with Crippen LogP contribution in [0.4, 0.5) is 8.78 Å². The van der Waals surface area contributed by atoms with Gasteiger partial charge < -0.3 is 15.4 Å². The predicted octanol–water partition coefficient (Wildman–Crippen LogP) is 3.56. The molecule has 0 aromatic heterocycles. The Kier molecular flexibility index (Phi) is 8.77. The summed E-state index contributed by atoms with van der Waals surface area (Å²) < 4.78 is 33.5. The summed E-state index contributed by atoms with van der Waals surface area (Å²) in [5.41, 5.74) is 0.165. The van der Waals surface area contributed by atoms with Gasteiger partial charge in [0.25, 0.3) is 5.91 Å². The van der Waals surface area contributed by atoms with Crippen LogP contribution in [0.2, 0.25) is 5.02 Å². The van der Waals surface area contributed by atoms with Crippen LogP contribution in [0.15, 0.2) is 42.5 Å². The Bertz CT molecular complexity index is 963. The number of halogens is 3. The molecule has 0 spiro atoms. The van der Waals surface area contributed by atoms with Gasteiger partial charge in [0.1, 0.15) is 23.2 Å². The molecule has 2 amide bonds. The van der Waals surface area contributed by atoms with Gasteiger partial charge in [0, 0.05) is 24.7 Å². The van der Waals surface area contributed by atoms with E-state index in [0.717, 1.165) is 17.7 Å². The molecule has 33 heavy (non-hydrogen) atoms. The van der Waals surface area contributed by atoms with E-state index in [-0.39, 0.29) is 18.5 Å². The van der Waals surface area contributed by atoms with Crippen molar-refractivity contribution in [3.8, 4) is 0 Å². The van der Waals surface area contributed by atoms with Crippen LogP contribution in [0.25, 0.3) is 0 Å². The van der Waals surface area contributed by atoms with Gasteiger partial charge in [-0.3, -0.25) is 14.5 Å². The van der Waals surface area contributed by atoms with Gasteiger partial charge in [-0.1, -0.05) is 49.7 Å². The Labute approximate surface area is 197 Å². The van der Waals surface area contributed by atoms with Gasteiger partial charge in [0.15, 0.2) is 0 Å².